The van der Waals surface area contributed by atoms with Gasteiger partial charge in [-0.1, -0.05) is 30.3 Å². The Morgan fingerprint density at radius 1 is 1.17 bits per heavy atom. The van der Waals surface area contributed by atoms with E-state index < -0.39 is 0 Å². The van der Waals surface area contributed by atoms with Gasteiger partial charge in [-0.3, -0.25) is 4.79 Å². The molecule has 0 radical (unpaired) electrons. The van der Waals surface area contributed by atoms with Crippen LogP contribution in [0.4, 0.5) is 0 Å². The number of rotatable bonds is 10. The molecule has 1 amide bonds. The summed E-state index contributed by atoms with van der Waals surface area (Å²) in [6.45, 7) is 8.93. The summed E-state index contributed by atoms with van der Waals surface area (Å²) in [6, 6.07) is 10.6. The topological polar surface area (TPSA) is 66.0 Å². The highest BCUT2D eigenvalue weighted by atomic mass is 127. The fourth-order valence-corrected chi connectivity index (χ4v) is 3.45. The fraction of sp³-hybridized carbons (Fsp3) is 0.636. The van der Waals surface area contributed by atoms with Crippen LogP contribution in [0.15, 0.2) is 35.3 Å². The van der Waals surface area contributed by atoms with Crippen LogP contribution >= 0.6 is 24.0 Å². The Labute approximate surface area is 192 Å². The van der Waals surface area contributed by atoms with Crippen molar-refractivity contribution in [3.8, 4) is 0 Å². The van der Waals surface area contributed by atoms with E-state index in [0.717, 1.165) is 65.1 Å². The van der Waals surface area contributed by atoms with Gasteiger partial charge >= 0.3 is 0 Å². The Morgan fingerprint density at radius 3 is 2.55 bits per heavy atom. The molecule has 0 aliphatic carbocycles. The summed E-state index contributed by atoms with van der Waals surface area (Å²) in [5.74, 6) is 1.48. The van der Waals surface area contributed by atoms with Gasteiger partial charge in [-0.2, -0.15) is 0 Å². The van der Waals surface area contributed by atoms with Gasteiger partial charge in [0, 0.05) is 39.4 Å². The maximum Gasteiger partial charge on any atom is 0.244 e. The van der Waals surface area contributed by atoms with Crippen LogP contribution in [-0.4, -0.2) is 62.7 Å². The van der Waals surface area contributed by atoms with Crippen LogP contribution in [0.3, 0.4) is 0 Å². The molecule has 164 valence electrons. The third kappa shape index (κ3) is 10.3. The van der Waals surface area contributed by atoms with Crippen LogP contribution in [0.25, 0.3) is 0 Å². The molecule has 0 atom stereocenters. The largest absolute Gasteiger partial charge is 0.382 e. The lowest BCUT2D eigenvalue weighted by atomic mass is 9.90. The van der Waals surface area contributed by atoms with Gasteiger partial charge in [0.25, 0.3) is 0 Å². The molecule has 2 rings (SSSR count). The molecule has 1 aromatic carbocycles. The van der Waals surface area contributed by atoms with Crippen molar-refractivity contribution in [2.45, 2.75) is 39.5 Å². The Morgan fingerprint density at radius 2 is 1.90 bits per heavy atom. The second-order valence-corrected chi connectivity index (χ2v) is 7.19. The molecule has 0 spiro atoms. The number of likely N-dealkylation sites (tertiary alicyclic amines) is 1. The van der Waals surface area contributed by atoms with E-state index in [2.05, 4.69) is 46.0 Å². The molecule has 1 saturated heterocycles. The number of hydrogen-bond donors (Lipinski definition) is 2. The standard InChI is InChI=1S/C22H36N4O2.HI/c1-3-23-22(24-13-8-16-28-4-2)25-18-21(27)26-14-11-20(12-15-26)17-19-9-6-5-7-10-19;/h5-7,9-10,20H,3-4,8,11-18H2,1-2H3,(H2,23,24,25);1H. The van der Waals surface area contributed by atoms with Gasteiger partial charge in [0.05, 0.1) is 0 Å². The second-order valence-electron chi connectivity index (χ2n) is 7.19. The lowest BCUT2D eigenvalue weighted by Gasteiger charge is -2.32. The first kappa shape index (κ1) is 25.7. The van der Waals surface area contributed by atoms with E-state index in [1.165, 1.54) is 5.56 Å². The summed E-state index contributed by atoms with van der Waals surface area (Å²) in [7, 11) is 0. The number of nitrogens with one attached hydrogen (secondary N) is 2. The minimum Gasteiger partial charge on any atom is -0.382 e. The van der Waals surface area contributed by atoms with Crippen molar-refractivity contribution in [2.24, 2.45) is 10.9 Å². The number of carbonyl (C=O) groups is 1. The van der Waals surface area contributed by atoms with E-state index in [0.29, 0.717) is 11.9 Å². The van der Waals surface area contributed by atoms with Crippen molar-refractivity contribution in [2.75, 3.05) is 45.9 Å². The van der Waals surface area contributed by atoms with Gasteiger partial charge in [-0.15, -0.1) is 24.0 Å². The molecule has 1 aliphatic rings. The average molecular weight is 516 g/mol. The number of nitrogens with zero attached hydrogens (tertiary/aromatic N) is 2. The summed E-state index contributed by atoms with van der Waals surface area (Å²) in [5.41, 5.74) is 1.39. The van der Waals surface area contributed by atoms with Crippen LogP contribution in [0.5, 0.6) is 0 Å². The van der Waals surface area contributed by atoms with Gasteiger partial charge in [0.2, 0.25) is 5.91 Å². The molecule has 1 fully saturated rings. The molecular formula is C22H37IN4O2. The van der Waals surface area contributed by atoms with Gasteiger partial charge in [0.15, 0.2) is 5.96 Å². The number of halogens is 1. The summed E-state index contributed by atoms with van der Waals surface area (Å²) in [4.78, 5) is 18.9. The van der Waals surface area contributed by atoms with Crippen LogP contribution in [0.2, 0.25) is 0 Å². The highest BCUT2D eigenvalue weighted by Crippen LogP contribution is 2.21. The van der Waals surface area contributed by atoms with Crippen molar-refractivity contribution < 1.29 is 9.53 Å². The molecular weight excluding hydrogens is 479 g/mol. The zero-order valence-corrected chi connectivity index (χ0v) is 20.2. The minimum absolute atomic E-state index is 0. The van der Waals surface area contributed by atoms with Gasteiger partial charge in [-0.25, -0.2) is 4.99 Å². The highest BCUT2D eigenvalue weighted by molar-refractivity contribution is 14.0. The lowest BCUT2D eigenvalue weighted by molar-refractivity contribution is -0.130. The highest BCUT2D eigenvalue weighted by Gasteiger charge is 2.22. The zero-order valence-electron chi connectivity index (χ0n) is 17.9. The molecule has 6 nitrogen and oxygen atoms in total. The van der Waals surface area contributed by atoms with Crippen molar-refractivity contribution in [3.05, 3.63) is 35.9 Å². The smallest absolute Gasteiger partial charge is 0.244 e. The Bertz CT molecular complexity index is 590. The number of guanidine groups is 1. The van der Waals surface area contributed by atoms with Crippen LogP contribution in [-0.2, 0) is 16.0 Å². The van der Waals surface area contributed by atoms with Crippen LogP contribution in [0, 0.1) is 5.92 Å². The monoisotopic (exact) mass is 516 g/mol. The van der Waals surface area contributed by atoms with Crippen molar-refractivity contribution in [3.63, 3.8) is 0 Å². The van der Waals surface area contributed by atoms with E-state index in [4.69, 9.17) is 4.74 Å². The summed E-state index contributed by atoms with van der Waals surface area (Å²) in [5, 5.41) is 6.45. The zero-order chi connectivity index (χ0) is 20.0. The first-order chi connectivity index (χ1) is 13.7. The molecule has 1 aliphatic heterocycles. The van der Waals surface area contributed by atoms with E-state index in [-0.39, 0.29) is 36.4 Å². The van der Waals surface area contributed by atoms with Gasteiger partial charge < -0.3 is 20.3 Å². The van der Waals surface area contributed by atoms with Crippen LogP contribution < -0.4 is 10.6 Å². The third-order valence-corrected chi connectivity index (χ3v) is 5.01. The van der Waals surface area contributed by atoms with E-state index in [9.17, 15) is 4.79 Å². The predicted octanol–water partition coefficient (Wildman–Crippen LogP) is 3.07. The maximum atomic E-state index is 12.5. The molecule has 29 heavy (non-hydrogen) atoms. The molecule has 7 heteroatoms. The molecule has 0 aromatic heterocycles. The second kappa shape index (κ2) is 15.5. The van der Waals surface area contributed by atoms with E-state index >= 15 is 0 Å². The van der Waals surface area contributed by atoms with E-state index in [1.54, 1.807) is 0 Å². The molecule has 0 saturated carbocycles. The first-order valence-electron chi connectivity index (χ1n) is 10.6. The van der Waals surface area contributed by atoms with Crippen LogP contribution in [0.1, 0.15) is 38.7 Å². The third-order valence-electron chi connectivity index (χ3n) is 5.01. The Balaban J connectivity index is 0.00000420. The van der Waals surface area contributed by atoms with E-state index in [1.807, 2.05) is 18.7 Å². The number of benzene rings is 1. The number of hydrogen-bond acceptors (Lipinski definition) is 3. The van der Waals surface area contributed by atoms with Gasteiger partial charge in [-0.05, 0) is 51.0 Å². The lowest BCUT2D eigenvalue weighted by Crippen LogP contribution is -2.42. The molecule has 0 unspecified atom stereocenters. The molecule has 1 aromatic rings. The van der Waals surface area contributed by atoms with Crippen molar-refractivity contribution in [1.29, 1.82) is 0 Å². The minimum atomic E-state index is 0. The average Bonchev–Trinajstić information content (AvgIpc) is 2.73. The quantitative estimate of drug-likeness (QED) is 0.217. The number of ether oxygens (including phenoxy) is 1. The number of amides is 1. The summed E-state index contributed by atoms with van der Waals surface area (Å²) < 4.78 is 5.34. The Kier molecular flexibility index (Phi) is 13.7. The number of carbonyl (C=O) groups excluding carboxylic acids is 1. The molecule has 1 heterocycles. The number of piperidine rings is 1. The first-order valence-corrected chi connectivity index (χ1v) is 10.6. The maximum absolute atomic E-state index is 12.5. The molecule has 0 bridgehead atoms. The van der Waals surface area contributed by atoms with Crippen molar-refractivity contribution in [1.82, 2.24) is 15.5 Å². The summed E-state index contributed by atoms with van der Waals surface area (Å²) >= 11 is 0. The predicted molar refractivity (Wildman–Crippen MR) is 130 cm³/mol. The fourth-order valence-electron chi connectivity index (χ4n) is 3.45. The Hall–Kier alpha value is -1.35. The molecule has 2 N–H and O–H groups in total. The SMILES string of the molecule is CCNC(=NCC(=O)N1CCC(Cc2ccccc2)CC1)NCCCOCC.I. The van der Waals surface area contributed by atoms with Crippen molar-refractivity contribution >= 4 is 35.8 Å². The van der Waals surface area contributed by atoms with Gasteiger partial charge in [0.1, 0.15) is 6.54 Å². The normalized spacial score (nSPS) is 15.0. The number of aliphatic imine (C=N–C) groups is 1. The summed E-state index contributed by atoms with van der Waals surface area (Å²) in [6.07, 6.45) is 4.17.